The van der Waals surface area contributed by atoms with Crippen LogP contribution in [-0.4, -0.2) is 65.3 Å². The molecule has 3 heterocycles. The predicted molar refractivity (Wildman–Crippen MR) is 88.8 cm³/mol. The normalized spacial score (nSPS) is 23.5. The number of H-pyrrole nitrogens is 1. The molecule has 2 aliphatic rings. The van der Waals surface area contributed by atoms with Crippen LogP contribution in [0.2, 0.25) is 0 Å². The van der Waals surface area contributed by atoms with Crippen LogP contribution in [0.4, 0.5) is 5.95 Å². The number of hydrogen-bond acceptors (Lipinski definition) is 6. The molecule has 1 unspecified atom stereocenters. The number of amides is 1. The summed E-state index contributed by atoms with van der Waals surface area (Å²) < 4.78 is 11.4. The van der Waals surface area contributed by atoms with Gasteiger partial charge in [0.2, 0.25) is 11.8 Å². The van der Waals surface area contributed by atoms with E-state index in [0.29, 0.717) is 38.8 Å². The quantitative estimate of drug-likeness (QED) is 0.852. The second-order valence-electron chi connectivity index (χ2n) is 6.87. The largest absolute Gasteiger partial charge is 0.469 e. The number of nitrogens with one attached hydrogen (secondary N) is 1. The van der Waals surface area contributed by atoms with Crippen molar-refractivity contribution in [3.05, 3.63) is 15.9 Å². The number of nitrogens with zero attached hydrogens (tertiary/aromatic N) is 3. The maximum absolute atomic E-state index is 12.7. The van der Waals surface area contributed by atoms with Crippen molar-refractivity contribution in [3.63, 3.8) is 0 Å². The molecule has 24 heavy (non-hydrogen) atoms. The number of ether oxygens (including phenoxy) is 2. The Morgan fingerprint density at radius 3 is 2.79 bits per heavy atom. The highest BCUT2D eigenvalue weighted by molar-refractivity contribution is 5.96. The van der Waals surface area contributed by atoms with Gasteiger partial charge in [-0.2, -0.15) is 4.98 Å². The third-order valence-electron chi connectivity index (χ3n) is 4.34. The lowest BCUT2D eigenvalue weighted by molar-refractivity contribution is 0.0540. The van der Waals surface area contributed by atoms with E-state index in [1.807, 2.05) is 32.6 Å². The first-order valence-corrected chi connectivity index (χ1v) is 8.29. The van der Waals surface area contributed by atoms with E-state index in [1.54, 1.807) is 4.90 Å². The number of aromatic nitrogens is 2. The number of carbonyl (C=O) groups excluding carboxylic acids is 1. The summed E-state index contributed by atoms with van der Waals surface area (Å²) in [6.45, 7) is 10.3. The van der Waals surface area contributed by atoms with Crippen molar-refractivity contribution in [2.75, 3.05) is 37.7 Å². The van der Waals surface area contributed by atoms with Gasteiger partial charge in [0.05, 0.1) is 25.8 Å². The SMILES string of the molecule is CCN1CC(C)(C)Oc2nc(N3CCOCC3C)[nH]c(=O)c2C1=O. The van der Waals surface area contributed by atoms with Crippen LogP contribution in [0.1, 0.15) is 38.1 Å². The van der Waals surface area contributed by atoms with Gasteiger partial charge in [-0.05, 0) is 27.7 Å². The Balaban J connectivity index is 2.08. The summed E-state index contributed by atoms with van der Waals surface area (Å²) in [6, 6.07) is 0.0848. The van der Waals surface area contributed by atoms with E-state index >= 15 is 0 Å². The smallest absolute Gasteiger partial charge is 0.269 e. The summed E-state index contributed by atoms with van der Waals surface area (Å²) in [5.74, 6) is 0.190. The molecule has 1 atom stereocenters. The highest BCUT2D eigenvalue weighted by Gasteiger charge is 2.37. The van der Waals surface area contributed by atoms with E-state index in [4.69, 9.17) is 9.47 Å². The first kappa shape index (κ1) is 16.8. The standard InChI is InChI=1S/C16H24N4O4/c1-5-19-9-16(3,4)24-13-11(14(19)22)12(21)17-15(18-13)20-6-7-23-8-10(20)2/h10H,5-9H2,1-4H3,(H,17,18,21). The molecular formula is C16H24N4O4. The zero-order valence-electron chi connectivity index (χ0n) is 14.6. The van der Waals surface area contributed by atoms with Gasteiger partial charge in [-0.3, -0.25) is 14.6 Å². The third kappa shape index (κ3) is 2.98. The second kappa shape index (κ2) is 6.08. The van der Waals surface area contributed by atoms with E-state index in [1.165, 1.54) is 0 Å². The molecular weight excluding hydrogens is 312 g/mol. The fraction of sp³-hybridized carbons (Fsp3) is 0.688. The Kier molecular flexibility index (Phi) is 4.25. The minimum Gasteiger partial charge on any atom is -0.469 e. The van der Waals surface area contributed by atoms with Crippen molar-refractivity contribution in [2.24, 2.45) is 0 Å². The highest BCUT2D eigenvalue weighted by atomic mass is 16.5. The lowest BCUT2D eigenvalue weighted by Crippen LogP contribution is -2.45. The van der Waals surface area contributed by atoms with Crippen molar-refractivity contribution >= 4 is 11.9 Å². The molecule has 132 valence electrons. The third-order valence-corrected chi connectivity index (χ3v) is 4.34. The molecule has 1 fully saturated rings. The monoisotopic (exact) mass is 336 g/mol. The molecule has 1 N–H and O–H groups in total. The lowest BCUT2D eigenvalue weighted by Gasteiger charge is -2.34. The summed E-state index contributed by atoms with van der Waals surface area (Å²) in [6.07, 6.45) is 0. The van der Waals surface area contributed by atoms with Gasteiger partial charge >= 0.3 is 0 Å². The Bertz CT molecular complexity index is 700. The molecule has 0 bridgehead atoms. The number of aromatic amines is 1. The van der Waals surface area contributed by atoms with Crippen LogP contribution in [0.15, 0.2) is 4.79 Å². The van der Waals surface area contributed by atoms with Crippen LogP contribution in [-0.2, 0) is 4.74 Å². The number of likely N-dealkylation sites (N-methyl/N-ethyl adjacent to an activating group) is 1. The molecule has 1 aromatic rings. The minimum absolute atomic E-state index is 0.0212. The van der Waals surface area contributed by atoms with Crippen molar-refractivity contribution in [2.45, 2.75) is 39.3 Å². The minimum atomic E-state index is -0.619. The fourth-order valence-corrected chi connectivity index (χ4v) is 3.12. The van der Waals surface area contributed by atoms with E-state index in [2.05, 4.69) is 9.97 Å². The molecule has 8 heteroatoms. The van der Waals surface area contributed by atoms with E-state index < -0.39 is 11.2 Å². The summed E-state index contributed by atoms with van der Waals surface area (Å²) in [4.78, 5) is 36.1. The van der Waals surface area contributed by atoms with Gasteiger partial charge < -0.3 is 19.3 Å². The van der Waals surface area contributed by atoms with Gasteiger partial charge in [0, 0.05) is 13.1 Å². The van der Waals surface area contributed by atoms with Crippen LogP contribution in [0.25, 0.3) is 0 Å². The summed E-state index contributed by atoms with van der Waals surface area (Å²) in [5, 5.41) is 0. The first-order chi connectivity index (χ1) is 11.3. The van der Waals surface area contributed by atoms with Gasteiger partial charge in [0.1, 0.15) is 5.60 Å². The van der Waals surface area contributed by atoms with E-state index in [9.17, 15) is 9.59 Å². The molecule has 1 amide bonds. The van der Waals surface area contributed by atoms with Crippen molar-refractivity contribution in [1.82, 2.24) is 14.9 Å². The Morgan fingerprint density at radius 2 is 2.12 bits per heavy atom. The number of morpholine rings is 1. The van der Waals surface area contributed by atoms with Crippen LogP contribution in [0, 0.1) is 0 Å². The molecule has 3 rings (SSSR count). The first-order valence-electron chi connectivity index (χ1n) is 8.29. The molecule has 0 saturated carbocycles. The van der Waals surface area contributed by atoms with E-state index in [-0.39, 0.29) is 23.4 Å². The summed E-state index contributed by atoms with van der Waals surface area (Å²) in [7, 11) is 0. The molecule has 0 aliphatic carbocycles. The number of fused-ring (bicyclic) bond motifs is 1. The van der Waals surface area contributed by atoms with Crippen molar-refractivity contribution in [1.29, 1.82) is 0 Å². The Hall–Kier alpha value is -2.09. The average molecular weight is 336 g/mol. The second-order valence-corrected chi connectivity index (χ2v) is 6.87. The lowest BCUT2D eigenvalue weighted by atomic mass is 10.1. The fourth-order valence-electron chi connectivity index (χ4n) is 3.12. The molecule has 0 aromatic carbocycles. The maximum atomic E-state index is 12.7. The molecule has 8 nitrogen and oxygen atoms in total. The van der Waals surface area contributed by atoms with Gasteiger partial charge in [0.15, 0.2) is 5.56 Å². The van der Waals surface area contributed by atoms with Crippen LogP contribution in [0.5, 0.6) is 5.88 Å². The van der Waals surface area contributed by atoms with Gasteiger partial charge in [-0.15, -0.1) is 0 Å². The predicted octanol–water partition coefficient (Wildman–Crippen LogP) is 0.628. The van der Waals surface area contributed by atoms with Crippen molar-refractivity contribution in [3.8, 4) is 5.88 Å². The average Bonchev–Trinajstić information content (AvgIpc) is 2.61. The van der Waals surface area contributed by atoms with Crippen LogP contribution < -0.4 is 15.2 Å². The van der Waals surface area contributed by atoms with Crippen LogP contribution in [0.3, 0.4) is 0 Å². The van der Waals surface area contributed by atoms with Gasteiger partial charge in [-0.1, -0.05) is 0 Å². The summed E-state index contributed by atoms with van der Waals surface area (Å²) >= 11 is 0. The van der Waals surface area contributed by atoms with E-state index in [0.717, 1.165) is 0 Å². The molecule has 0 radical (unpaired) electrons. The molecule has 0 spiro atoms. The zero-order chi connectivity index (χ0) is 17.5. The Morgan fingerprint density at radius 1 is 1.38 bits per heavy atom. The molecule has 1 saturated heterocycles. The number of carbonyl (C=O) groups is 1. The molecule has 1 aromatic heterocycles. The highest BCUT2D eigenvalue weighted by Crippen LogP contribution is 2.27. The van der Waals surface area contributed by atoms with Crippen LogP contribution >= 0.6 is 0 Å². The topological polar surface area (TPSA) is 87.8 Å². The molecule has 2 aliphatic heterocycles. The number of anilines is 1. The van der Waals surface area contributed by atoms with Gasteiger partial charge in [0.25, 0.3) is 11.5 Å². The van der Waals surface area contributed by atoms with Gasteiger partial charge in [-0.25, -0.2) is 0 Å². The maximum Gasteiger partial charge on any atom is 0.269 e. The zero-order valence-corrected chi connectivity index (χ0v) is 14.6. The summed E-state index contributed by atoms with van der Waals surface area (Å²) in [5.41, 5.74) is -1.10. The number of rotatable bonds is 2. The Labute approximate surface area is 140 Å². The van der Waals surface area contributed by atoms with Crippen molar-refractivity contribution < 1.29 is 14.3 Å². The number of hydrogen-bond donors (Lipinski definition) is 1.